The van der Waals surface area contributed by atoms with E-state index < -0.39 is 23.6 Å². The van der Waals surface area contributed by atoms with E-state index in [-0.39, 0.29) is 11.3 Å². The zero-order valence-corrected chi connectivity index (χ0v) is 16.9. The molecule has 0 spiro atoms. The molecule has 0 saturated carbocycles. The molecule has 3 heterocycles. The summed E-state index contributed by atoms with van der Waals surface area (Å²) in [6.45, 7) is 0.833. The predicted octanol–water partition coefficient (Wildman–Crippen LogP) is 4.93. The average molecular weight is 454 g/mol. The molecule has 1 aliphatic carbocycles. The molecular formula is C21H19F5N4O2. The van der Waals surface area contributed by atoms with Crippen LogP contribution < -0.4 is 5.73 Å². The van der Waals surface area contributed by atoms with Gasteiger partial charge in [0.25, 0.3) is 5.92 Å². The van der Waals surface area contributed by atoms with Crippen LogP contribution in [-0.2, 0) is 24.9 Å². The number of hydrogen-bond acceptors (Lipinski definition) is 5. The van der Waals surface area contributed by atoms with Crippen molar-refractivity contribution in [1.82, 2.24) is 15.0 Å². The molecule has 3 aromatic heterocycles. The first-order chi connectivity index (χ1) is 14.9. The van der Waals surface area contributed by atoms with Gasteiger partial charge < -0.3 is 10.2 Å². The van der Waals surface area contributed by atoms with Crippen LogP contribution in [0.2, 0.25) is 0 Å². The molecule has 1 aliphatic rings. The summed E-state index contributed by atoms with van der Waals surface area (Å²) in [6.07, 6.45) is 2.46. The lowest BCUT2D eigenvalue weighted by molar-refractivity contribution is -0.137. The van der Waals surface area contributed by atoms with Gasteiger partial charge in [-0.3, -0.25) is 14.8 Å². The highest BCUT2D eigenvalue weighted by Crippen LogP contribution is 2.31. The number of carbonyl (C=O) groups excluding carboxylic acids is 1. The molecule has 2 N–H and O–H groups in total. The highest BCUT2D eigenvalue weighted by Gasteiger charge is 2.31. The van der Waals surface area contributed by atoms with Crippen LogP contribution in [0.3, 0.4) is 0 Å². The first kappa shape index (κ1) is 23.3. The van der Waals surface area contributed by atoms with Crippen molar-refractivity contribution in [2.24, 2.45) is 5.73 Å². The molecule has 0 radical (unpaired) electrons. The Balaban J connectivity index is 0.000000195. The van der Waals surface area contributed by atoms with Crippen molar-refractivity contribution < 1.29 is 31.2 Å². The first-order valence-corrected chi connectivity index (χ1v) is 9.60. The summed E-state index contributed by atoms with van der Waals surface area (Å²) in [5, 5.41) is 0. The number of nitrogens with two attached hydrogens (primary N) is 1. The average Bonchev–Trinajstić information content (AvgIpc) is 3.18. The molecule has 0 fully saturated rings. The fourth-order valence-corrected chi connectivity index (χ4v) is 3.01. The summed E-state index contributed by atoms with van der Waals surface area (Å²) >= 11 is 0. The van der Waals surface area contributed by atoms with E-state index in [0.717, 1.165) is 50.3 Å². The molecule has 0 bridgehead atoms. The monoisotopic (exact) mass is 454 g/mol. The number of amides is 1. The predicted molar refractivity (Wildman–Crippen MR) is 104 cm³/mol. The van der Waals surface area contributed by atoms with Gasteiger partial charge in [-0.2, -0.15) is 22.0 Å². The second-order valence-corrected chi connectivity index (χ2v) is 7.24. The Morgan fingerprint density at radius 2 is 1.81 bits per heavy atom. The second-order valence-electron chi connectivity index (χ2n) is 7.24. The van der Waals surface area contributed by atoms with Crippen molar-refractivity contribution in [3.05, 3.63) is 65.1 Å². The van der Waals surface area contributed by atoms with Crippen molar-refractivity contribution in [3.63, 3.8) is 0 Å². The standard InChI is InChI=1S/C14H14F2N2O.C7H5F3N2O/c1-14(15,16)12-8-9(6-7-17-12)13-18-10-4-2-3-5-11(10)19-13;8-7(9,10)5-1-4(6(11)13)2-12-3-5/h6-8H,2-5H2,1H3;1-3H,(H2,11,13). The highest BCUT2D eigenvalue weighted by molar-refractivity contribution is 5.92. The number of aromatic nitrogens is 3. The molecule has 11 heteroatoms. The lowest BCUT2D eigenvalue weighted by Gasteiger charge is -2.09. The highest BCUT2D eigenvalue weighted by atomic mass is 19.4. The summed E-state index contributed by atoms with van der Waals surface area (Å²) in [4.78, 5) is 21.8. The molecular weight excluding hydrogens is 435 g/mol. The maximum absolute atomic E-state index is 13.3. The summed E-state index contributed by atoms with van der Waals surface area (Å²) in [5.74, 6) is -2.58. The van der Waals surface area contributed by atoms with Crippen molar-refractivity contribution in [2.45, 2.75) is 44.7 Å². The van der Waals surface area contributed by atoms with E-state index in [1.165, 1.54) is 12.3 Å². The van der Waals surface area contributed by atoms with Gasteiger partial charge >= 0.3 is 6.18 Å². The third-order valence-corrected chi connectivity index (χ3v) is 4.65. The molecule has 6 nitrogen and oxygen atoms in total. The molecule has 3 aromatic rings. The molecule has 4 rings (SSSR count). The van der Waals surface area contributed by atoms with E-state index in [9.17, 15) is 26.7 Å². The van der Waals surface area contributed by atoms with Crippen LogP contribution in [0.15, 0.2) is 41.2 Å². The number of rotatable bonds is 3. The molecule has 0 atom stereocenters. The summed E-state index contributed by atoms with van der Waals surface area (Å²) < 4.78 is 68.3. The fraction of sp³-hybridized carbons (Fsp3) is 0.333. The van der Waals surface area contributed by atoms with Gasteiger partial charge in [0.05, 0.1) is 16.8 Å². The van der Waals surface area contributed by atoms with E-state index in [4.69, 9.17) is 10.2 Å². The summed E-state index contributed by atoms with van der Waals surface area (Å²) in [7, 11) is 0. The number of pyridine rings is 2. The number of oxazole rings is 1. The molecule has 0 saturated heterocycles. The van der Waals surface area contributed by atoms with E-state index in [0.29, 0.717) is 23.7 Å². The minimum atomic E-state index is -4.50. The molecule has 0 unspecified atom stereocenters. The Labute approximate surface area is 179 Å². The maximum Gasteiger partial charge on any atom is 0.417 e. The van der Waals surface area contributed by atoms with E-state index in [1.54, 1.807) is 6.07 Å². The fourth-order valence-electron chi connectivity index (χ4n) is 3.01. The van der Waals surface area contributed by atoms with Crippen LogP contribution in [0.25, 0.3) is 11.5 Å². The zero-order valence-electron chi connectivity index (χ0n) is 16.9. The number of carbonyl (C=O) groups is 1. The molecule has 0 aliphatic heterocycles. The first-order valence-electron chi connectivity index (χ1n) is 9.60. The van der Waals surface area contributed by atoms with Gasteiger partial charge in [0, 0.05) is 37.5 Å². The minimum Gasteiger partial charge on any atom is -0.441 e. The van der Waals surface area contributed by atoms with Crippen LogP contribution in [0, 0.1) is 0 Å². The Morgan fingerprint density at radius 1 is 1.09 bits per heavy atom. The van der Waals surface area contributed by atoms with Gasteiger partial charge in [-0.05, 0) is 37.5 Å². The maximum atomic E-state index is 13.3. The second kappa shape index (κ2) is 9.01. The molecule has 1 amide bonds. The Morgan fingerprint density at radius 3 is 2.44 bits per heavy atom. The van der Waals surface area contributed by atoms with Gasteiger partial charge in [0.15, 0.2) is 0 Å². The Kier molecular flexibility index (Phi) is 6.56. The van der Waals surface area contributed by atoms with Crippen molar-refractivity contribution in [2.75, 3.05) is 0 Å². The number of halogens is 5. The van der Waals surface area contributed by atoms with Crippen LogP contribution >= 0.6 is 0 Å². The number of nitrogens with zero attached hydrogens (tertiary/aromatic N) is 3. The molecule has 170 valence electrons. The third-order valence-electron chi connectivity index (χ3n) is 4.65. The summed E-state index contributed by atoms with van der Waals surface area (Å²) in [5.41, 5.74) is 4.80. The summed E-state index contributed by atoms with van der Waals surface area (Å²) in [6, 6.07) is 3.65. The minimum absolute atomic E-state index is 0.255. The topological polar surface area (TPSA) is 94.9 Å². The van der Waals surface area contributed by atoms with Gasteiger partial charge in [-0.15, -0.1) is 0 Å². The number of aryl methyl sites for hydroxylation is 2. The van der Waals surface area contributed by atoms with Crippen LogP contribution in [0.4, 0.5) is 22.0 Å². The van der Waals surface area contributed by atoms with Crippen LogP contribution in [-0.4, -0.2) is 20.9 Å². The quantitative estimate of drug-likeness (QED) is 0.567. The number of fused-ring (bicyclic) bond motifs is 1. The lowest BCUT2D eigenvalue weighted by atomic mass is 10.0. The van der Waals surface area contributed by atoms with Gasteiger partial charge in [-0.25, -0.2) is 4.98 Å². The van der Waals surface area contributed by atoms with E-state index in [1.807, 2.05) is 0 Å². The van der Waals surface area contributed by atoms with E-state index >= 15 is 0 Å². The van der Waals surface area contributed by atoms with Gasteiger partial charge in [-0.1, -0.05) is 0 Å². The lowest BCUT2D eigenvalue weighted by Crippen LogP contribution is -2.14. The normalized spacial score (nSPS) is 13.7. The van der Waals surface area contributed by atoms with Crippen LogP contribution in [0.1, 0.15) is 52.8 Å². The van der Waals surface area contributed by atoms with Gasteiger partial charge in [0.1, 0.15) is 11.5 Å². The number of primary amides is 1. The zero-order chi connectivity index (χ0) is 23.5. The largest absolute Gasteiger partial charge is 0.441 e. The SMILES string of the molecule is CC(F)(F)c1cc(-c2nc3c(o2)CCCC3)ccn1.NC(=O)c1cncc(C(F)(F)F)c1. The molecule has 0 aromatic carbocycles. The van der Waals surface area contributed by atoms with E-state index in [2.05, 4.69) is 15.0 Å². The Bertz CT molecular complexity index is 1080. The van der Waals surface area contributed by atoms with Crippen LogP contribution in [0.5, 0.6) is 0 Å². The number of alkyl halides is 5. The molecule has 32 heavy (non-hydrogen) atoms. The van der Waals surface area contributed by atoms with Crippen molar-refractivity contribution >= 4 is 5.91 Å². The van der Waals surface area contributed by atoms with Gasteiger partial charge in [0.2, 0.25) is 11.8 Å². The smallest absolute Gasteiger partial charge is 0.417 e. The van der Waals surface area contributed by atoms with Crippen molar-refractivity contribution in [3.8, 4) is 11.5 Å². The Hall–Kier alpha value is -3.37. The number of hydrogen-bond donors (Lipinski definition) is 1. The van der Waals surface area contributed by atoms with Crippen molar-refractivity contribution in [1.29, 1.82) is 0 Å². The third kappa shape index (κ3) is 5.65.